The second-order valence-corrected chi connectivity index (χ2v) is 7.77. The molecule has 1 aromatic carbocycles. The van der Waals surface area contributed by atoms with Crippen molar-refractivity contribution in [2.45, 2.75) is 49.1 Å². The number of rotatable bonds is 3. The zero-order valence-corrected chi connectivity index (χ0v) is 13.9. The number of nitrogens with zero attached hydrogens (tertiary/aromatic N) is 1. The lowest BCUT2D eigenvalue weighted by Crippen LogP contribution is -2.46. The molecule has 4 unspecified atom stereocenters. The maximum Gasteiger partial charge on any atom is 0.326 e. The van der Waals surface area contributed by atoms with E-state index in [0.29, 0.717) is 22.8 Å². The van der Waals surface area contributed by atoms with Crippen LogP contribution in [0.2, 0.25) is 0 Å². The Morgan fingerprint density at radius 2 is 1.83 bits per heavy atom. The van der Waals surface area contributed by atoms with Crippen molar-refractivity contribution >= 4 is 22.7 Å². The molecule has 1 heterocycles. The Morgan fingerprint density at radius 1 is 1.17 bits per heavy atom. The predicted octanol–water partition coefficient (Wildman–Crippen LogP) is 2.28. The monoisotopic (exact) mass is 335 g/mol. The van der Waals surface area contributed by atoms with Gasteiger partial charge in [0.25, 0.3) is 5.91 Å². The van der Waals surface area contributed by atoms with Gasteiger partial charge in [-0.25, -0.2) is 4.79 Å². The van der Waals surface area contributed by atoms with E-state index in [0.717, 1.165) is 25.7 Å². The summed E-state index contributed by atoms with van der Waals surface area (Å²) >= 11 is 0. The minimum atomic E-state index is -1.09. The zero-order valence-electron chi connectivity index (χ0n) is 13.1. The van der Waals surface area contributed by atoms with E-state index in [9.17, 15) is 18.9 Å². The van der Waals surface area contributed by atoms with Gasteiger partial charge >= 0.3 is 5.97 Å². The van der Waals surface area contributed by atoms with E-state index in [1.807, 2.05) is 0 Å². The first kappa shape index (κ1) is 16.2. The van der Waals surface area contributed by atoms with Crippen LogP contribution in [0.4, 0.5) is 0 Å². The Hall–Kier alpha value is -1.69. The molecule has 23 heavy (non-hydrogen) atoms. The highest BCUT2D eigenvalue weighted by Gasteiger charge is 2.47. The molecule has 1 N–H and O–H groups in total. The number of benzene rings is 1. The number of hydrogen-bond acceptors (Lipinski definition) is 3. The topological polar surface area (TPSA) is 74.7 Å². The van der Waals surface area contributed by atoms with Gasteiger partial charge in [0.1, 0.15) is 6.04 Å². The minimum Gasteiger partial charge on any atom is -0.480 e. The van der Waals surface area contributed by atoms with Crippen LogP contribution in [0.5, 0.6) is 0 Å². The lowest BCUT2D eigenvalue weighted by Gasteiger charge is -2.33. The van der Waals surface area contributed by atoms with Gasteiger partial charge in [0.05, 0.1) is 0 Å². The Balaban J connectivity index is 1.88. The van der Waals surface area contributed by atoms with Crippen molar-refractivity contribution in [3.05, 3.63) is 29.8 Å². The highest BCUT2D eigenvalue weighted by molar-refractivity contribution is 7.84. The molecule has 1 amide bonds. The van der Waals surface area contributed by atoms with Crippen LogP contribution >= 0.6 is 0 Å². The molecule has 124 valence electrons. The Labute approximate surface area is 138 Å². The SMILES string of the molecule is CS(=O)c1ccc(C(=O)N2C(C(=O)O)CC3CCCCC32)cc1. The summed E-state index contributed by atoms with van der Waals surface area (Å²) < 4.78 is 11.4. The molecular weight excluding hydrogens is 314 g/mol. The standard InChI is InChI=1S/C17H21NO4S/c1-23(22)13-8-6-11(7-9-13)16(19)18-14-5-3-2-4-12(14)10-15(18)17(20)21/h6-9,12,14-15H,2-5,10H2,1H3,(H,20,21). The molecule has 5 nitrogen and oxygen atoms in total. The van der Waals surface area contributed by atoms with Gasteiger partial charge in [-0.1, -0.05) is 12.8 Å². The molecule has 1 aliphatic heterocycles. The van der Waals surface area contributed by atoms with Crippen molar-refractivity contribution in [3.8, 4) is 0 Å². The van der Waals surface area contributed by atoms with E-state index < -0.39 is 22.8 Å². The van der Waals surface area contributed by atoms with Crippen LogP contribution < -0.4 is 0 Å². The minimum absolute atomic E-state index is 0.0392. The van der Waals surface area contributed by atoms with Gasteiger partial charge in [-0.05, 0) is 49.4 Å². The lowest BCUT2D eigenvalue weighted by molar-refractivity contribution is -0.141. The van der Waals surface area contributed by atoms with E-state index in [2.05, 4.69) is 0 Å². The van der Waals surface area contributed by atoms with Crippen molar-refractivity contribution in [2.75, 3.05) is 6.26 Å². The first-order valence-corrected chi connectivity index (χ1v) is 9.54. The number of fused-ring (bicyclic) bond motifs is 1. The number of carboxylic acid groups (broad SMARTS) is 1. The molecule has 1 saturated carbocycles. The van der Waals surface area contributed by atoms with E-state index in [1.165, 1.54) is 0 Å². The third-order valence-corrected chi connectivity index (χ3v) is 5.98. The molecule has 4 atom stereocenters. The molecule has 3 rings (SSSR count). The van der Waals surface area contributed by atoms with Crippen molar-refractivity contribution in [1.82, 2.24) is 4.90 Å². The second-order valence-electron chi connectivity index (χ2n) is 6.39. The molecule has 0 aromatic heterocycles. The second kappa shape index (κ2) is 6.43. The number of carboxylic acids is 1. The summed E-state index contributed by atoms with van der Waals surface area (Å²) in [5.41, 5.74) is 0.469. The zero-order chi connectivity index (χ0) is 16.6. The molecule has 0 spiro atoms. The summed E-state index contributed by atoms with van der Waals surface area (Å²) in [5.74, 6) is -0.838. The van der Waals surface area contributed by atoms with Gasteiger partial charge < -0.3 is 10.0 Å². The van der Waals surface area contributed by atoms with Crippen LogP contribution in [-0.2, 0) is 15.6 Å². The van der Waals surface area contributed by atoms with E-state index in [4.69, 9.17) is 0 Å². The van der Waals surface area contributed by atoms with Gasteiger partial charge in [0.15, 0.2) is 0 Å². The maximum atomic E-state index is 12.9. The van der Waals surface area contributed by atoms with Crippen LogP contribution in [0.15, 0.2) is 29.2 Å². The first-order valence-electron chi connectivity index (χ1n) is 7.98. The fourth-order valence-electron chi connectivity index (χ4n) is 3.91. The van der Waals surface area contributed by atoms with Gasteiger partial charge in [-0.2, -0.15) is 0 Å². The molecule has 2 fully saturated rings. The van der Waals surface area contributed by atoms with Gasteiger partial charge in [-0.15, -0.1) is 0 Å². The fraction of sp³-hybridized carbons (Fsp3) is 0.529. The summed E-state index contributed by atoms with van der Waals surface area (Å²) in [4.78, 5) is 26.7. The number of hydrogen-bond donors (Lipinski definition) is 1. The van der Waals surface area contributed by atoms with Crippen LogP contribution in [0, 0.1) is 5.92 Å². The number of likely N-dealkylation sites (tertiary alicyclic amines) is 1. The Morgan fingerprint density at radius 3 is 2.43 bits per heavy atom. The van der Waals surface area contributed by atoms with Crippen molar-refractivity contribution in [3.63, 3.8) is 0 Å². The van der Waals surface area contributed by atoms with Crippen molar-refractivity contribution < 1.29 is 18.9 Å². The first-order chi connectivity index (χ1) is 11.0. The molecular formula is C17H21NO4S. The normalized spacial score (nSPS) is 28.2. The molecule has 0 radical (unpaired) electrons. The number of carbonyl (C=O) groups is 2. The number of carbonyl (C=O) groups excluding carboxylic acids is 1. The predicted molar refractivity (Wildman–Crippen MR) is 86.7 cm³/mol. The molecule has 2 aliphatic rings. The molecule has 1 aromatic rings. The Kier molecular flexibility index (Phi) is 4.53. The summed E-state index contributed by atoms with van der Waals surface area (Å²) in [5, 5.41) is 9.51. The average Bonchev–Trinajstić information content (AvgIpc) is 2.94. The fourth-order valence-corrected chi connectivity index (χ4v) is 4.43. The van der Waals surface area contributed by atoms with Crippen LogP contribution in [0.1, 0.15) is 42.5 Å². The molecule has 1 saturated heterocycles. The maximum absolute atomic E-state index is 12.9. The van der Waals surface area contributed by atoms with Crippen molar-refractivity contribution in [2.24, 2.45) is 5.92 Å². The van der Waals surface area contributed by atoms with E-state index >= 15 is 0 Å². The summed E-state index contributed by atoms with van der Waals surface area (Å²) in [6.45, 7) is 0. The van der Waals surface area contributed by atoms with Crippen LogP contribution in [-0.4, -0.2) is 44.4 Å². The van der Waals surface area contributed by atoms with E-state index in [-0.39, 0.29) is 11.9 Å². The number of amides is 1. The average molecular weight is 335 g/mol. The smallest absolute Gasteiger partial charge is 0.326 e. The lowest BCUT2D eigenvalue weighted by atomic mass is 9.84. The third kappa shape index (κ3) is 3.04. The molecule has 1 aliphatic carbocycles. The van der Waals surface area contributed by atoms with Gasteiger partial charge in [0.2, 0.25) is 0 Å². The van der Waals surface area contributed by atoms with E-state index in [1.54, 1.807) is 35.4 Å². The highest BCUT2D eigenvalue weighted by Crippen LogP contribution is 2.40. The third-order valence-electron chi connectivity index (χ3n) is 5.04. The summed E-state index contributed by atoms with van der Waals surface area (Å²) in [6.07, 6.45) is 6.20. The summed E-state index contributed by atoms with van der Waals surface area (Å²) in [7, 11) is -1.09. The summed E-state index contributed by atoms with van der Waals surface area (Å²) in [6, 6.07) is 5.96. The number of aliphatic carboxylic acids is 1. The van der Waals surface area contributed by atoms with Crippen LogP contribution in [0.3, 0.4) is 0 Å². The highest BCUT2D eigenvalue weighted by atomic mass is 32.2. The molecule has 0 bridgehead atoms. The van der Waals surface area contributed by atoms with Crippen molar-refractivity contribution in [1.29, 1.82) is 0 Å². The Bertz CT molecular complexity index is 642. The van der Waals surface area contributed by atoms with Crippen LogP contribution in [0.25, 0.3) is 0 Å². The van der Waals surface area contributed by atoms with Gasteiger partial charge in [-0.3, -0.25) is 9.00 Å². The van der Waals surface area contributed by atoms with Gasteiger partial charge in [0, 0.05) is 33.6 Å². The quantitative estimate of drug-likeness (QED) is 0.919. The largest absolute Gasteiger partial charge is 0.480 e. The molecule has 6 heteroatoms.